The summed E-state index contributed by atoms with van der Waals surface area (Å²) in [5.74, 6) is 0.214. The summed E-state index contributed by atoms with van der Waals surface area (Å²) in [6.07, 6.45) is 1.74. The number of hydrogen-bond donors (Lipinski definition) is 4. The predicted molar refractivity (Wildman–Crippen MR) is 129 cm³/mol. The smallest absolute Gasteiger partial charge is 0.242 e. The van der Waals surface area contributed by atoms with Crippen LogP contribution in [0.5, 0.6) is 0 Å². The van der Waals surface area contributed by atoms with Crippen molar-refractivity contribution in [1.29, 1.82) is 0 Å². The van der Waals surface area contributed by atoms with E-state index in [0.717, 1.165) is 12.8 Å². The molecule has 174 valence electrons. The molecule has 8 nitrogen and oxygen atoms in total. The Morgan fingerprint density at radius 2 is 1.75 bits per heavy atom. The van der Waals surface area contributed by atoms with Gasteiger partial charge in [-0.3, -0.25) is 4.79 Å². The van der Waals surface area contributed by atoms with Gasteiger partial charge in [0.05, 0.1) is 32.0 Å². The van der Waals surface area contributed by atoms with E-state index in [4.69, 9.17) is 34.7 Å². The van der Waals surface area contributed by atoms with Crippen LogP contribution in [0, 0.1) is 5.92 Å². The van der Waals surface area contributed by atoms with Crippen molar-refractivity contribution in [2.75, 3.05) is 36.4 Å². The SMILES string of the molecule is CC1CCN(C(=O)C(CNc2ccccc2N)NS(=O)(=O)c2cc(Cl)c(N)c(Cl)c2)CC1. The number of sulfonamides is 1. The molecule has 32 heavy (non-hydrogen) atoms. The molecule has 1 heterocycles. The lowest BCUT2D eigenvalue weighted by Gasteiger charge is -2.33. The maximum atomic E-state index is 13.3. The van der Waals surface area contributed by atoms with Gasteiger partial charge in [-0.1, -0.05) is 42.3 Å². The second-order valence-electron chi connectivity index (χ2n) is 7.95. The molecule has 1 unspecified atom stereocenters. The number of piperidine rings is 1. The maximum Gasteiger partial charge on any atom is 0.242 e. The molecule has 1 atom stereocenters. The lowest BCUT2D eigenvalue weighted by molar-refractivity contribution is -0.134. The van der Waals surface area contributed by atoms with Gasteiger partial charge >= 0.3 is 0 Å². The van der Waals surface area contributed by atoms with Crippen molar-refractivity contribution < 1.29 is 13.2 Å². The third kappa shape index (κ3) is 5.78. The predicted octanol–water partition coefficient (Wildman–Crippen LogP) is 3.18. The van der Waals surface area contributed by atoms with Crippen LogP contribution in [0.4, 0.5) is 17.1 Å². The van der Waals surface area contributed by atoms with Crippen molar-refractivity contribution in [3.05, 3.63) is 46.4 Å². The molecule has 6 N–H and O–H groups in total. The maximum absolute atomic E-state index is 13.3. The van der Waals surface area contributed by atoms with Crippen molar-refractivity contribution >= 4 is 56.2 Å². The van der Waals surface area contributed by atoms with Crippen LogP contribution in [0.25, 0.3) is 0 Å². The quantitative estimate of drug-likeness (QED) is 0.432. The van der Waals surface area contributed by atoms with E-state index < -0.39 is 16.1 Å². The molecule has 1 amide bonds. The zero-order valence-electron chi connectivity index (χ0n) is 17.6. The Balaban J connectivity index is 1.85. The summed E-state index contributed by atoms with van der Waals surface area (Å²) in [6, 6.07) is 8.40. The van der Waals surface area contributed by atoms with E-state index in [1.54, 1.807) is 29.2 Å². The monoisotopic (exact) mass is 499 g/mol. The van der Waals surface area contributed by atoms with Gasteiger partial charge in [0.25, 0.3) is 0 Å². The van der Waals surface area contributed by atoms with Crippen LogP contribution in [-0.4, -0.2) is 44.9 Å². The lowest BCUT2D eigenvalue weighted by atomic mass is 9.99. The Morgan fingerprint density at radius 1 is 1.16 bits per heavy atom. The van der Waals surface area contributed by atoms with E-state index in [-0.39, 0.29) is 33.1 Å². The normalized spacial score (nSPS) is 16.0. The molecular formula is C21H27Cl2N5O3S. The van der Waals surface area contributed by atoms with Gasteiger partial charge in [0.2, 0.25) is 15.9 Å². The molecule has 2 aromatic rings. The van der Waals surface area contributed by atoms with Gasteiger partial charge in [0.1, 0.15) is 6.04 Å². The van der Waals surface area contributed by atoms with Crippen LogP contribution in [0.15, 0.2) is 41.3 Å². The Bertz CT molecular complexity index is 1070. The summed E-state index contributed by atoms with van der Waals surface area (Å²) < 4.78 is 28.7. The molecular weight excluding hydrogens is 473 g/mol. The van der Waals surface area contributed by atoms with Gasteiger partial charge < -0.3 is 21.7 Å². The standard InChI is InChI=1S/C21H27Cl2N5O3S/c1-13-6-8-28(9-7-13)21(29)19(12-26-18-5-3-2-4-17(18)24)27-32(30,31)14-10-15(22)20(25)16(23)11-14/h2-5,10-11,13,19,26-27H,6-9,12,24-25H2,1H3. The second kappa shape index (κ2) is 10.2. The number of nitrogen functional groups attached to an aromatic ring is 2. The number of amides is 1. The summed E-state index contributed by atoms with van der Waals surface area (Å²) in [5.41, 5.74) is 12.9. The minimum Gasteiger partial charge on any atom is -0.397 e. The van der Waals surface area contributed by atoms with E-state index in [0.29, 0.717) is 30.4 Å². The molecule has 0 aromatic heterocycles. The zero-order valence-corrected chi connectivity index (χ0v) is 20.0. The molecule has 1 aliphatic rings. The van der Waals surface area contributed by atoms with Crippen LogP contribution in [-0.2, 0) is 14.8 Å². The average Bonchev–Trinajstić information content (AvgIpc) is 2.75. The number of halogens is 2. The molecule has 0 radical (unpaired) electrons. The molecule has 2 aromatic carbocycles. The largest absolute Gasteiger partial charge is 0.397 e. The first-order valence-corrected chi connectivity index (χ1v) is 12.5. The Morgan fingerprint density at radius 3 is 2.34 bits per heavy atom. The first kappa shape index (κ1) is 24.4. The fourth-order valence-electron chi connectivity index (χ4n) is 3.47. The number of nitrogens with zero attached hydrogens (tertiary/aromatic N) is 1. The van der Waals surface area contributed by atoms with Gasteiger partial charge in [-0.15, -0.1) is 0 Å². The van der Waals surface area contributed by atoms with Crippen LogP contribution in [0.3, 0.4) is 0 Å². The number of benzene rings is 2. The van der Waals surface area contributed by atoms with Crippen LogP contribution >= 0.6 is 23.2 Å². The van der Waals surface area contributed by atoms with E-state index in [2.05, 4.69) is 17.0 Å². The molecule has 0 spiro atoms. The number of anilines is 3. The summed E-state index contributed by atoms with van der Waals surface area (Å²) in [4.78, 5) is 14.8. The van der Waals surface area contributed by atoms with E-state index in [1.807, 2.05) is 0 Å². The molecule has 0 aliphatic carbocycles. The van der Waals surface area contributed by atoms with Crippen molar-refractivity contribution in [2.24, 2.45) is 5.92 Å². The second-order valence-corrected chi connectivity index (χ2v) is 10.5. The Hall–Kier alpha value is -2.20. The number of hydrogen-bond acceptors (Lipinski definition) is 6. The van der Waals surface area contributed by atoms with Gasteiger partial charge in [0, 0.05) is 19.6 Å². The number of para-hydroxylation sites is 2. The summed E-state index contributed by atoms with van der Waals surface area (Å²) >= 11 is 12.0. The minimum atomic E-state index is -4.12. The summed E-state index contributed by atoms with van der Waals surface area (Å²) in [7, 11) is -4.12. The summed E-state index contributed by atoms with van der Waals surface area (Å²) in [5, 5.41) is 3.11. The number of nitrogens with two attached hydrogens (primary N) is 2. The van der Waals surface area contributed by atoms with Gasteiger partial charge in [-0.05, 0) is 43.0 Å². The molecule has 1 aliphatic heterocycles. The van der Waals surface area contributed by atoms with Gasteiger partial charge in [-0.25, -0.2) is 8.42 Å². The topological polar surface area (TPSA) is 131 Å². The van der Waals surface area contributed by atoms with Gasteiger partial charge in [0.15, 0.2) is 0 Å². The molecule has 1 saturated heterocycles. The van der Waals surface area contributed by atoms with Crippen molar-refractivity contribution in [3.63, 3.8) is 0 Å². The fraction of sp³-hybridized carbons (Fsp3) is 0.381. The van der Waals surface area contributed by atoms with Crippen LogP contribution in [0.2, 0.25) is 10.0 Å². The average molecular weight is 500 g/mol. The third-order valence-corrected chi connectivity index (χ3v) is 7.59. The molecule has 0 saturated carbocycles. The zero-order chi connectivity index (χ0) is 23.5. The van der Waals surface area contributed by atoms with Crippen molar-refractivity contribution in [1.82, 2.24) is 9.62 Å². The molecule has 11 heteroatoms. The first-order valence-electron chi connectivity index (χ1n) is 10.2. The van der Waals surface area contributed by atoms with Crippen molar-refractivity contribution in [2.45, 2.75) is 30.7 Å². The first-order chi connectivity index (χ1) is 15.1. The number of carbonyl (C=O) groups excluding carboxylic acids is 1. The van der Waals surface area contributed by atoms with Gasteiger partial charge in [-0.2, -0.15) is 4.72 Å². The molecule has 1 fully saturated rings. The summed E-state index contributed by atoms with van der Waals surface area (Å²) in [6.45, 7) is 3.29. The highest BCUT2D eigenvalue weighted by atomic mass is 35.5. The van der Waals surface area contributed by atoms with E-state index in [1.165, 1.54) is 12.1 Å². The highest BCUT2D eigenvalue weighted by molar-refractivity contribution is 7.89. The van der Waals surface area contributed by atoms with Crippen LogP contribution < -0.4 is 21.5 Å². The molecule has 3 rings (SSSR count). The number of likely N-dealkylation sites (tertiary alicyclic amines) is 1. The van der Waals surface area contributed by atoms with E-state index in [9.17, 15) is 13.2 Å². The molecule has 0 bridgehead atoms. The van der Waals surface area contributed by atoms with Crippen molar-refractivity contribution in [3.8, 4) is 0 Å². The highest BCUT2D eigenvalue weighted by Crippen LogP contribution is 2.31. The third-order valence-electron chi connectivity index (χ3n) is 5.51. The highest BCUT2D eigenvalue weighted by Gasteiger charge is 2.31. The minimum absolute atomic E-state index is 0.00870. The fourth-order valence-corrected chi connectivity index (χ4v) is 5.33. The van der Waals surface area contributed by atoms with Crippen LogP contribution in [0.1, 0.15) is 19.8 Å². The van der Waals surface area contributed by atoms with E-state index >= 15 is 0 Å². The Kier molecular flexibility index (Phi) is 7.76. The Labute approximate surface area is 198 Å². The number of carbonyl (C=O) groups is 1. The number of rotatable bonds is 7. The number of nitrogens with one attached hydrogen (secondary N) is 2. The lowest BCUT2D eigenvalue weighted by Crippen LogP contribution is -2.53.